The third kappa shape index (κ3) is 1.89. The highest BCUT2D eigenvalue weighted by molar-refractivity contribution is 5.98. The lowest BCUT2D eigenvalue weighted by molar-refractivity contribution is -0.137. The molecule has 1 aliphatic rings. The topological polar surface area (TPSA) is 17.1 Å². The molecular weight excluding hydrogens is 205 g/mol. The van der Waals surface area contributed by atoms with E-state index in [9.17, 15) is 18.0 Å². The monoisotopic (exact) mass is 214 g/mol. The highest BCUT2D eigenvalue weighted by atomic mass is 19.4. The van der Waals surface area contributed by atoms with Gasteiger partial charge in [0.25, 0.3) is 0 Å². The van der Waals surface area contributed by atoms with E-state index in [1.165, 1.54) is 6.07 Å². The SMILES string of the molecule is O=C1CCCc2cc(C(F)(F)F)ccc21. The predicted molar refractivity (Wildman–Crippen MR) is 48.7 cm³/mol. The number of rotatable bonds is 0. The first-order valence-corrected chi connectivity index (χ1v) is 4.72. The van der Waals surface area contributed by atoms with Crippen molar-refractivity contribution in [2.75, 3.05) is 0 Å². The van der Waals surface area contributed by atoms with Crippen molar-refractivity contribution >= 4 is 5.78 Å². The lowest BCUT2D eigenvalue weighted by atomic mass is 9.89. The van der Waals surface area contributed by atoms with Gasteiger partial charge in [-0.3, -0.25) is 4.79 Å². The largest absolute Gasteiger partial charge is 0.416 e. The number of hydrogen-bond acceptors (Lipinski definition) is 1. The van der Waals surface area contributed by atoms with Crippen molar-refractivity contribution in [2.45, 2.75) is 25.4 Å². The summed E-state index contributed by atoms with van der Waals surface area (Å²) >= 11 is 0. The zero-order valence-electron chi connectivity index (χ0n) is 7.90. The van der Waals surface area contributed by atoms with E-state index in [0.29, 0.717) is 30.4 Å². The Morgan fingerprint density at radius 1 is 1.13 bits per heavy atom. The number of halogens is 3. The third-order valence-corrected chi connectivity index (χ3v) is 2.58. The van der Waals surface area contributed by atoms with E-state index in [0.717, 1.165) is 12.1 Å². The van der Waals surface area contributed by atoms with Gasteiger partial charge in [0.05, 0.1) is 5.56 Å². The van der Waals surface area contributed by atoms with Crippen molar-refractivity contribution in [2.24, 2.45) is 0 Å². The van der Waals surface area contributed by atoms with Crippen LogP contribution in [0, 0.1) is 0 Å². The maximum absolute atomic E-state index is 12.4. The van der Waals surface area contributed by atoms with Gasteiger partial charge in [-0.2, -0.15) is 13.2 Å². The second-order valence-corrected chi connectivity index (χ2v) is 3.65. The van der Waals surface area contributed by atoms with Crippen LogP contribution in [0.25, 0.3) is 0 Å². The molecule has 1 aliphatic carbocycles. The van der Waals surface area contributed by atoms with Crippen molar-refractivity contribution in [3.8, 4) is 0 Å². The molecule has 0 amide bonds. The lowest BCUT2D eigenvalue weighted by Gasteiger charge is -2.16. The van der Waals surface area contributed by atoms with Crippen LogP contribution in [0.5, 0.6) is 0 Å². The molecule has 0 aliphatic heterocycles. The molecule has 0 saturated carbocycles. The van der Waals surface area contributed by atoms with Gasteiger partial charge in [-0.05, 0) is 30.5 Å². The zero-order chi connectivity index (χ0) is 11.1. The Balaban J connectivity index is 2.46. The summed E-state index contributed by atoms with van der Waals surface area (Å²) in [5.74, 6) is -0.0509. The first-order valence-electron chi connectivity index (χ1n) is 4.72. The summed E-state index contributed by atoms with van der Waals surface area (Å²) in [6.45, 7) is 0. The van der Waals surface area contributed by atoms with Gasteiger partial charge in [0.2, 0.25) is 0 Å². The fraction of sp³-hybridized carbons (Fsp3) is 0.364. The van der Waals surface area contributed by atoms with Crippen LogP contribution in [0.3, 0.4) is 0 Å². The molecule has 0 unspecified atom stereocenters. The maximum Gasteiger partial charge on any atom is 0.416 e. The first-order chi connectivity index (χ1) is 6.98. The van der Waals surface area contributed by atoms with Crippen LogP contribution in [-0.2, 0) is 12.6 Å². The van der Waals surface area contributed by atoms with E-state index in [-0.39, 0.29) is 5.78 Å². The van der Waals surface area contributed by atoms with Crippen LogP contribution in [0.2, 0.25) is 0 Å². The molecular formula is C11H9F3O. The van der Waals surface area contributed by atoms with Crippen LogP contribution >= 0.6 is 0 Å². The standard InChI is InChI=1S/C11H9F3O/c12-11(13,14)8-4-5-9-7(6-8)2-1-3-10(9)15/h4-6H,1-3H2. The van der Waals surface area contributed by atoms with E-state index in [1.54, 1.807) is 0 Å². The second-order valence-electron chi connectivity index (χ2n) is 3.65. The fourth-order valence-electron chi connectivity index (χ4n) is 1.82. The number of hydrogen-bond donors (Lipinski definition) is 0. The second kappa shape index (κ2) is 3.36. The molecule has 0 atom stereocenters. The van der Waals surface area contributed by atoms with Crippen molar-refractivity contribution in [1.29, 1.82) is 0 Å². The molecule has 0 heterocycles. The van der Waals surface area contributed by atoms with Crippen molar-refractivity contribution in [1.82, 2.24) is 0 Å². The van der Waals surface area contributed by atoms with E-state index < -0.39 is 11.7 Å². The molecule has 0 radical (unpaired) electrons. The number of benzene rings is 1. The van der Waals surface area contributed by atoms with E-state index in [1.807, 2.05) is 0 Å². The highest BCUT2D eigenvalue weighted by Gasteiger charge is 2.31. The first kappa shape index (κ1) is 10.2. The van der Waals surface area contributed by atoms with Crippen molar-refractivity contribution in [3.05, 3.63) is 34.9 Å². The number of aryl methyl sites for hydroxylation is 1. The summed E-state index contributed by atoms with van der Waals surface area (Å²) in [6, 6.07) is 3.36. The zero-order valence-corrected chi connectivity index (χ0v) is 7.90. The molecule has 1 aromatic carbocycles. The molecule has 0 bridgehead atoms. The molecule has 1 aromatic rings. The Morgan fingerprint density at radius 2 is 1.87 bits per heavy atom. The highest BCUT2D eigenvalue weighted by Crippen LogP contribution is 2.32. The summed E-state index contributed by atoms with van der Waals surface area (Å²) in [7, 11) is 0. The average Bonchev–Trinajstić information content (AvgIpc) is 2.16. The number of ketones is 1. The van der Waals surface area contributed by atoms with Crippen molar-refractivity contribution in [3.63, 3.8) is 0 Å². The van der Waals surface area contributed by atoms with Gasteiger partial charge in [-0.25, -0.2) is 0 Å². The molecule has 4 heteroatoms. The summed E-state index contributed by atoms with van der Waals surface area (Å²) in [5.41, 5.74) is 0.311. The number of carbonyl (C=O) groups excluding carboxylic acids is 1. The number of Topliss-reactive ketones (excluding diaryl/α,β-unsaturated/α-hetero) is 1. The summed E-state index contributed by atoms with van der Waals surface area (Å²) < 4.78 is 37.1. The Kier molecular flexibility index (Phi) is 2.29. The van der Waals surface area contributed by atoms with Gasteiger partial charge < -0.3 is 0 Å². The van der Waals surface area contributed by atoms with Gasteiger partial charge in [0, 0.05) is 12.0 Å². The fourth-order valence-corrected chi connectivity index (χ4v) is 1.82. The molecule has 80 valence electrons. The molecule has 0 N–H and O–H groups in total. The van der Waals surface area contributed by atoms with Gasteiger partial charge in [-0.15, -0.1) is 0 Å². The molecule has 2 rings (SSSR count). The summed E-state index contributed by atoms with van der Waals surface area (Å²) in [4.78, 5) is 11.4. The normalized spacial score (nSPS) is 16.3. The quantitative estimate of drug-likeness (QED) is 0.648. The molecule has 0 spiro atoms. The Labute approximate surface area is 84.9 Å². The lowest BCUT2D eigenvalue weighted by Crippen LogP contribution is -2.13. The molecule has 0 fully saturated rings. The van der Waals surface area contributed by atoms with Crippen LogP contribution < -0.4 is 0 Å². The maximum atomic E-state index is 12.4. The number of fused-ring (bicyclic) bond motifs is 1. The van der Waals surface area contributed by atoms with Gasteiger partial charge in [-0.1, -0.05) is 6.07 Å². The van der Waals surface area contributed by atoms with Crippen LogP contribution in [-0.4, -0.2) is 5.78 Å². The van der Waals surface area contributed by atoms with E-state index >= 15 is 0 Å². The molecule has 0 aromatic heterocycles. The average molecular weight is 214 g/mol. The number of alkyl halides is 3. The van der Waals surface area contributed by atoms with Gasteiger partial charge in [0.1, 0.15) is 0 Å². The minimum Gasteiger partial charge on any atom is -0.294 e. The van der Waals surface area contributed by atoms with Crippen LogP contribution in [0.15, 0.2) is 18.2 Å². The van der Waals surface area contributed by atoms with Gasteiger partial charge in [0.15, 0.2) is 5.78 Å². The minimum atomic E-state index is -4.32. The number of carbonyl (C=O) groups is 1. The van der Waals surface area contributed by atoms with Crippen LogP contribution in [0.4, 0.5) is 13.2 Å². The van der Waals surface area contributed by atoms with E-state index in [4.69, 9.17) is 0 Å². The summed E-state index contributed by atoms with van der Waals surface area (Å²) in [5, 5.41) is 0. The smallest absolute Gasteiger partial charge is 0.294 e. The van der Waals surface area contributed by atoms with E-state index in [2.05, 4.69) is 0 Å². The Hall–Kier alpha value is -1.32. The van der Waals surface area contributed by atoms with Crippen molar-refractivity contribution < 1.29 is 18.0 Å². The third-order valence-electron chi connectivity index (χ3n) is 2.58. The Morgan fingerprint density at radius 3 is 2.53 bits per heavy atom. The molecule has 0 saturated heterocycles. The predicted octanol–water partition coefficient (Wildman–Crippen LogP) is 3.22. The Bertz CT molecular complexity index is 407. The molecule has 15 heavy (non-hydrogen) atoms. The summed E-state index contributed by atoms with van der Waals surface area (Å²) in [6.07, 6.45) is -2.67. The minimum absolute atomic E-state index is 0.0509. The van der Waals surface area contributed by atoms with Crippen LogP contribution in [0.1, 0.15) is 34.3 Å². The van der Waals surface area contributed by atoms with Gasteiger partial charge >= 0.3 is 6.18 Å². The molecule has 1 nitrogen and oxygen atoms in total.